The van der Waals surface area contributed by atoms with Gasteiger partial charge in [-0.05, 0) is 31.7 Å². The lowest BCUT2D eigenvalue weighted by molar-refractivity contribution is -0.174. The van der Waals surface area contributed by atoms with E-state index in [1.165, 1.54) is 23.4 Å². The zero-order valence-corrected chi connectivity index (χ0v) is 15.5. The highest BCUT2D eigenvalue weighted by molar-refractivity contribution is 5.25. The molecule has 2 heterocycles. The number of aliphatic hydroxyl groups excluding tert-OH is 1. The van der Waals surface area contributed by atoms with Gasteiger partial charge in [-0.25, -0.2) is 18.4 Å². The number of rotatable bonds is 9. The number of ether oxygens (including phenoxy) is 2. The van der Waals surface area contributed by atoms with Crippen molar-refractivity contribution in [1.29, 1.82) is 0 Å². The van der Waals surface area contributed by atoms with Gasteiger partial charge in [-0.3, -0.25) is 0 Å². The van der Waals surface area contributed by atoms with Gasteiger partial charge in [0.05, 0.1) is 13.2 Å². The number of aliphatic hydroxyl groups is 2. The number of aromatic nitrogens is 3. The van der Waals surface area contributed by atoms with Crippen LogP contribution in [0.15, 0.2) is 30.9 Å². The molecule has 0 amide bonds. The summed E-state index contributed by atoms with van der Waals surface area (Å²) >= 11 is 0. The average molecular weight is 397 g/mol. The van der Waals surface area contributed by atoms with E-state index in [4.69, 9.17) is 9.47 Å². The van der Waals surface area contributed by atoms with E-state index >= 15 is 0 Å². The quantitative estimate of drug-likeness (QED) is 0.673. The minimum absolute atomic E-state index is 0.0152. The normalized spacial score (nSPS) is 20.6. The first-order valence-electron chi connectivity index (χ1n) is 9.34. The van der Waals surface area contributed by atoms with Crippen LogP contribution in [0.3, 0.4) is 0 Å². The highest BCUT2D eigenvalue weighted by Crippen LogP contribution is 2.33. The van der Waals surface area contributed by atoms with E-state index in [9.17, 15) is 19.0 Å². The van der Waals surface area contributed by atoms with Gasteiger partial charge in [-0.15, -0.1) is 0 Å². The van der Waals surface area contributed by atoms with E-state index in [1.807, 2.05) is 0 Å². The Hall–Kier alpha value is -1.94. The van der Waals surface area contributed by atoms with E-state index in [-0.39, 0.29) is 38.0 Å². The molecule has 3 atom stereocenters. The lowest BCUT2D eigenvalue weighted by Crippen LogP contribution is -2.37. The summed E-state index contributed by atoms with van der Waals surface area (Å²) < 4.78 is 40.4. The van der Waals surface area contributed by atoms with Crippen molar-refractivity contribution in [2.24, 2.45) is 5.92 Å². The summed E-state index contributed by atoms with van der Waals surface area (Å²) in [5, 5.41) is 25.1. The first-order chi connectivity index (χ1) is 13.5. The lowest BCUT2D eigenvalue weighted by Gasteiger charge is -2.33. The maximum absolute atomic E-state index is 14.4. The summed E-state index contributed by atoms with van der Waals surface area (Å²) in [6.45, 7) is 0.399. The van der Waals surface area contributed by atoms with Crippen LogP contribution < -0.4 is 0 Å². The summed E-state index contributed by atoms with van der Waals surface area (Å²) in [7, 11) is 0. The number of hydrogen-bond donors (Lipinski definition) is 2. The van der Waals surface area contributed by atoms with Gasteiger partial charge in [0.2, 0.25) is 0 Å². The van der Waals surface area contributed by atoms with Crippen molar-refractivity contribution in [1.82, 2.24) is 14.8 Å². The van der Waals surface area contributed by atoms with Crippen molar-refractivity contribution >= 4 is 0 Å². The third-order valence-corrected chi connectivity index (χ3v) is 4.86. The van der Waals surface area contributed by atoms with Crippen LogP contribution in [0, 0.1) is 17.6 Å². The molecule has 1 aromatic heterocycles. The zero-order valence-electron chi connectivity index (χ0n) is 15.5. The molecule has 1 unspecified atom stereocenters. The maximum atomic E-state index is 14.4. The van der Waals surface area contributed by atoms with Crippen LogP contribution in [0.5, 0.6) is 0 Å². The predicted molar refractivity (Wildman–Crippen MR) is 95.0 cm³/mol. The Morgan fingerprint density at radius 2 is 2.21 bits per heavy atom. The van der Waals surface area contributed by atoms with Crippen LogP contribution in [0.25, 0.3) is 0 Å². The Bertz CT molecular complexity index is 741. The van der Waals surface area contributed by atoms with Gasteiger partial charge in [0.1, 0.15) is 29.9 Å². The molecule has 9 heteroatoms. The van der Waals surface area contributed by atoms with Crippen molar-refractivity contribution in [3.63, 3.8) is 0 Å². The fourth-order valence-electron chi connectivity index (χ4n) is 3.45. The van der Waals surface area contributed by atoms with Gasteiger partial charge in [0, 0.05) is 30.8 Å². The smallest absolute Gasteiger partial charge is 0.157 e. The summed E-state index contributed by atoms with van der Waals surface area (Å²) in [6.07, 6.45) is 5.11. The third kappa shape index (κ3) is 5.32. The van der Waals surface area contributed by atoms with Crippen LogP contribution in [0.1, 0.15) is 31.2 Å². The van der Waals surface area contributed by atoms with Crippen molar-refractivity contribution < 1.29 is 28.5 Å². The molecule has 1 aliphatic rings. The van der Waals surface area contributed by atoms with Gasteiger partial charge in [-0.2, -0.15) is 5.10 Å². The summed E-state index contributed by atoms with van der Waals surface area (Å²) in [4.78, 5) is 3.83. The number of hydrogen-bond acceptors (Lipinski definition) is 6. The molecule has 7 nitrogen and oxygen atoms in total. The monoisotopic (exact) mass is 397 g/mol. The van der Waals surface area contributed by atoms with E-state index in [0.717, 1.165) is 31.4 Å². The van der Waals surface area contributed by atoms with Crippen LogP contribution in [0.4, 0.5) is 8.78 Å². The van der Waals surface area contributed by atoms with Crippen molar-refractivity contribution in [3.05, 3.63) is 48.1 Å². The van der Waals surface area contributed by atoms with Crippen molar-refractivity contribution in [2.75, 3.05) is 19.8 Å². The summed E-state index contributed by atoms with van der Waals surface area (Å²) in [6, 6.07) is 3.02. The summed E-state index contributed by atoms with van der Waals surface area (Å²) in [5.41, 5.74) is -1.81. The Kier molecular flexibility index (Phi) is 7.06. The molecule has 0 aliphatic carbocycles. The Morgan fingerprint density at radius 3 is 2.86 bits per heavy atom. The molecule has 0 bridgehead atoms. The minimum atomic E-state index is -1.74. The van der Waals surface area contributed by atoms with Crippen molar-refractivity contribution in [2.45, 2.75) is 44.1 Å². The highest BCUT2D eigenvalue weighted by Gasteiger charge is 2.36. The second kappa shape index (κ2) is 9.51. The molecule has 28 heavy (non-hydrogen) atoms. The number of benzene rings is 1. The number of halogens is 2. The second-order valence-corrected chi connectivity index (χ2v) is 7.13. The lowest BCUT2D eigenvalue weighted by atomic mass is 9.84. The molecule has 0 spiro atoms. The average Bonchev–Trinajstić information content (AvgIpc) is 3.18. The second-order valence-electron chi connectivity index (χ2n) is 7.13. The van der Waals surface area contributed by atoms with Crippen LogP contribution in [-0.2, 0) is 21.6 Å². The maximum Gasteiger partial charge on any atom is 0.157 e. The third-order valence-electron chi connectivity index (χ3n) is 4.86. The minimum Gasteiger partial charge on any atom is -0.396 e. The largest absolute Gasteiger partial charge is 0.396 e. The zero-order chi connectivity index (χ0) is 20.0. The molecule has 0 saturated carbocycles. The Balaban J connectivity index is 1.76. The molecule has 1 aromatic carbocycles. The van der Waals surface area contributed by atoms with Gasteiger partial charge in [0.25, 0.3) is 0 Å². The molecular formula is C19H25F2N3O4. The fraction of sp³-hybridized carbons (Fsp3) is 0.579. The molecule has 154 valence electrons. The predicted octanol–water partition coefficient (Wildman–Crippen LogP) is 1.99. The van der Waals surface area contributed by atoms with Crippen LogP contribution >= 0.6 is 0 Å². The molecule has 1 saturated heterocycles. The highest BCUT2D eigenvalue weighted by atomic mass is 19.1. The van der Waals surface area contributed by atoms with Gasteiger partial charge in [0.15, 0.2) is 6.29 Å². The van der Waals surface area contributed by atoms with Gasteiger partial charge >= 0.3 is 0 Å². The van der Waals surface area contributed by atoms with Gasteiger partial charge < -0.3 is 19.7 Å². The van der Waals surface area contributed by atoms with Crippen LogP contribution in [0.2, 0.25) is 0 Å². The molecule has 1 fully saturated rings. The molecule has 1 aliphatic heterocycles. The molecule has 0 radical (unpaired) electrons. The molecule has 3 rings (SSSR count). The van der Waals surface area contributed by atoms with Gasteiger partial charge in [-0.1, -0.05) is 6.07 Å². The topological polar surface area (TPSA) is 89.6 Å². The van der Waals surface area contributed by atoms with E-state index in [1.54, 1.807) is 0 Å². The molecule has 2 aromatic rings. The Morgan fingerprint density at radius 1 is 1.36 bits per heavy atom. The molecule has 2 N–H and O–H groups in total. The van der Waals surface area contributed by atoms with E-state index in [0.29, 0.717) is 6.61 Å². The van der Waals surface area contributed by atoms with E-state index < -0.39 is 23.2 Å². The first-order valence-corrected chi connectivity index (χ1v) is 9.34. The fourth-order valence-corrected chi connectivity index (χ4v) is 3.45. The standard InChI is InChI=1S/C19H25F2N3O4/c20-15-4-5-16(17(21)7-15)19(26,11-24-13-22-12-23-24)8-14(9-25)10-28-18-3-1-2-6-27-18/h4-5,7,12-14,18,25-26H,1-3,6,8-11H2/t14-,18?,19-/m0/s1. The SMILES string of the molecule is OC[C@@H](COC1CCCCO1)C[C@](O)(Cn1cncn1)c1ccc(F)cc1F. The van der Waals surface area contributed by atoms with Crippen LogP contribution in [-0.4, -0.2) is 51.1 Å². The first kappa shape index (κ1) is 20.8. The molecular weight excluding hydrogens is 372 g/mol. The van der Waals surface area contributed by atoms with E-state index in [2.05, 4.69) is 10.1 Å². The van der Waals surface area contributed by atoms with Crippen molar-refractivity contribution in [3.8, 4) is 0 Å². The summed E-state index contributed by atoms with van der Waals surface area (Å²) in [5.74, 6) is -2.08. The number of nitrogens with zero attached hydrogens (tertiary/aromatic N) is 3. The Labute approximate surface area is 161 Å².